The van der Waals surface area contributed by atoms with Gasteiger partial charge in [0, 0.05) is 6.54 Å². The molecule has 1 aromatic rings. The van der Waals surface area contributed by atoms with Crippen LogP contribution in [0, 0.1) is 5.41 Å². The van der Waals surface area contributed by atoms with Crippen molar-refractivity contribution in [3.05, 3.63) is 24.3 Å². The molecular formula is C17H26N2O3. The molecule has 0 saturated heterocycles. The number of carbonyl (C=O) groups is 2. The van der Waals surface area contributed by atoms with Crippen molar-refractivity contribution < 1.29 is 14.3 Å². The van der Waals surface area contributed by atoms with Crippen molar-refractivity contribution in [1.82, 2.24) is 5.32 Å². The number of anilines is 1. The number of nitrogens with one attached hydrogen (secondary N) is 2. The van der Waals surface area contributed by atoms with Gasteiger partial charge in [-0.05, 0) is 39.3 Å². The maximum absolute atomic E-state index is 12.4. The zero-order valence-corrected chi connectivity index (χ0v) is 13.9. The summed E-state index contributed by atoms with van der Waals surface area (Å²) in [5.74, 6) is -0.0264. The molecule has 2 N–H and O–H groups in total. The van der Waals surface area contributed by atoms with E-state index >= 15 is 0 Å². The van der Waals surface area contributed by atoms with Gasteiger partial charge in [0.25, 0.3) is 0 Å². The highest BCUT2D eigenvalue weighted by molar-refractivity contribution is 6.10. The minimum Gasteiger partial charge on any atom is -0.492 e. The predicted octanol–water partition coefficient (Wildman–Crippen LogP) is 2.97. The number of para-hydroxylation sites is 2. The fourth-order valence-electron chi connectivity index (χ4n) is 1.83. The summed E-state index contributed by atoms with van der Waals surface area (Å²) in [6.07, 6.45) is 1.89. The highest BCUT2D eigenvalue weighted by Crippen LogP contribution is 2.26. The maximum atomic E-state index is 12.4. The molecule has 5 heteroatoms. The first-order valence-corrected chi connectivity index (χ1v) is 7.75. The molecule has 0 spiro atoms. The van der Waals surface area contributed by atoms with Crippen molar-refractivity contribution >= 4 is 17.5 Å². The molecule has 22 heavy (non-hydrogen) atoms. The van der Waals surface area contributed by atoms with Crippen LogP contribution in [0.2, 0.25) is 0 Å². The molecule has 122 valence electrons. The van der Waals surface area contributed by atoms with Gasteiger partial charge in [-0.15, -0.1) is 0 Å². The molecule has 0 aliphatic rings. The average molecular weight is 306 g/mol. The summed E-state index contributed by atoms with van der Waals surface area (Å²) >= 11 is 0. The molecule has 0 atom stereocenters. The van der Waals surface area contributed by atoms with Crippen LogP contribution in [0.5, 0.6) is 5.75 Å². The van der Waals surface area contributed by atoms with Gasteiger partial charge in [-0.3, -0.25) is 9.59 Å². The summed E-state index contributed by atoms with van der Waals surface area (Å²) in [5.41, 5.74) is -0.573. The Hall–Kier alpha value is -2.04. The molecule has 0 fully saturated rings. The Bertz CT molecular complexity index is 512. The summed E-state index contributed by atoms with van der Waals surface area (Å²) in [6.45, 7) is 8.26. The van der Waals surface area contributed by atoms with Crippen LogP contribution < -0.4 is 15.4 Å². The molecule has 5 nitrogen and oxygen atoms in total. The van der Waals surface area contributed by atoms with E-state index in [0.717, 1.165) is 12.8 Å². The highest BCUT2D eigenvalue weighted by Gasteiger charge is 2.36. The SMILES string of the molecule is CCCCNC(=O)C(C)(C)C(=O)Nc1ccccc1OCC. The van der Waals surface area contributed by atoms with E-state index < -0.39 is 5.41 Å². The van der Waals surface area contributed by atoms with Crippen LogP contribution in [0.25, 0.3) is 0 Å². The van der Waals surface area contributed by atoms with E-state index in [2.05, 4.69) is 17.6 Å². The van der Waals surface area contributed by atoms with Crippen LogP contribution >= 0.6 is 0 Å². The molecule has 0 unspecified atom stereocenters. The molecule has 0 bridgehead atoms. The summed E-state index contributed by atoms with van der Waals surface area (Å²) < 4.78 is 5.48. The zero-order valence-electron chi connectivity index (χ0n) is 13.9. The first-order chi connectivity index (χ1) is 10.4. The summed E-state index contributed by atoms with van der Waals surface area (Å²) in [6, 6.07) is 7.19. The van der Waals surface area contributed by atoms with E-state index in [1.54, 1.807) is 26.0 Å². The zero-order chi connectivity index (χ0) is 16.6. The number of carbonyl (C=O) groups excluding carboxylic acids is 2. The van der Waals surface area contributed by atoms with E-state index in [-0.39, 0.29) is 11.8 Å². The van der Waals surface area contributed by atoms with Gasteiger partial charge in [-0.1, -0.05) is 25.5 Å². The first kappa shape index (κ1) is 18.0. The lowest BCUT2D eigenvalue weighted by atomic mass is 9.91. The van der Waals surface area contributed by atoms with Gasteiger partial charge >= 0.3 is 0 Å². The Balaban J connectivity index is 2.76. The smallest absolute Gasteiger partial charge is 0.239 e. The third-order valence-corrected chi connectivity index (χ3v) is 3.39. The van der Waals surface area contributed by atoms with E-state index in [0.29, 0.717) is 24.6 Å². The van der Waals surface area contributed by atoms with Crippen LogP contribution in [-0.2, 0) is 9.59 Å². The standard InChI is InChI=1S/C17H26N2O3/c1-5-7-12-18-15(20)17(3,4)16(21)19-13-10-8-9-11-14(13)22-6-2/h8-11H,5-7,12H2,1-4H3,(H,18,20)(H,19,21). The van der Waals surface area contributed by atoms with Crippen LogP contribution in [0.4, 0.5) is 5.69 Å². The molecule has 2 amide bonds. The van der Waals surface area contributed by atoms with E-state index in [4.69, 9.17) is 4.74 Å². The van der Waals surface area contributed by atoms with Crippen molar-refractivity contribution in [2.45, 2.75) is 40.5 Å². The number of hydrogen-bond acceptors (Lipinski definition) is 3. The first-order valence-electron chi connectivity index (χ1n) is 7.75. The summed E-state index contributed by atoms with van der Waals surface area (Å²) in [4.78, 5) is 24.6. The molecule has 0 aliphatic carbocycles. The Morgan fingerprint density at radius 3 is 2.45 bits per heavy atom. The molecule has 0 radical (unpaired) electrons. The predicted molar refractivity (Wildman–Crippen MR) is 87.9 cm³/mol. The third kappa shape index (κ3) is 4.76. The van der Waals surface area contributed by atoms with Crippen LogP contribution in [-0.4, -0.2) is 25.0 Å². The number of hydrogen-bond donors (Lipinski definition) is 2. The van der Waals surface area contributed by atoms with Crippen LogP contribution in [0.3, 0.4) is 0 Å². The van der Waals surface area contributed by atoms with Crippen molar-refractivity contribution in [1.29, 1.82) is 0 Å². The molecule has 0 aromatic heterocycles. The van der Waals surface area contributed by atoms with Gasteiger partial charge in [0.15, 0.2) is 0 Å². The van der Waals surface area contributed by atoms with Crippen molar-refractivity contribution in [3.8, 4) is 5.75 Å². The molecule has 0 saturated carbocycles. The molecular weight excluding hydrogens is 280 g/mol. The monoisotopic (exact) mass is 306 g/mol. The van der Waals surface area contributed by atoms with Crippen LogP contribution in [0.1, 0.15) is 40.5 Å². The second kappa shape index (κ2) is 8.41. The van der Waals surface area contributed by atoms with E-state index in [9.17, 15) is 9.59 Å². The van der Waals surface area contributed by atoms with E-state index in [1.807, 2.05) is 19.1 Å². The number of unbranched alkanes of at least 4 members (excludes halogenated alkanes) is 1. The van der Waals surface area contributed by atoms with Crippen molar-refractivity contribution in [2.24, 2.45) is 5.41 Å². The lowest BCUT2D eigenvalue weighted by molar-refractivity contribution is -0.138. The van der Waals surface area contributed by atoms with E-state index in [1.165, 1.54) is 0 Å². The lowest BCUT2D eigenvalue weighted by Crippen LogP contribution is -2.45. The maximum Gasteiger partial charge on any atom is 0.239 e. The fraction of sp³-hybridized carbons (Fsp3) is 0.529. The second-order valence-electron chi connectivity index (χ2n) is 5.62. The number of amides is 2. The Morgan fingerprint density at radius 1 is 1.14 bits per heavy atom. The summed E-state index contributed by atoms with van der Waals surface area (Å²) in [5, 5.41) is 5.58. The van der Waals surface area contributed by atoms with Crippen molar-refractivity contribution in [2.75, 3.05) is 18.5 Å². The number of rotatable bonds is 8. The molecule has 1 rings (SSSR count). The van der Waals surface area contributed by atoms with Gasteiger partial charge in [0.2, 0.25) is 11.8 Å². The average Bonchev–Trinajstić information content (AvgIpc) is 2.49. The second-order valence-corrected chi connectivity index (χ2v) is 5.62. The quantitative estimate of drug-likeness (QED) is 0.573. The Kier molecular flexibility index (Phi) is 6.89. The minimum absolute atomic E-state index is 0.271. The topological polar surface area (TPSA) is 67.4 Å². The molecule has 0 heterocycles. The van der Waals surface area contributed by atoms with Crippen molar-refractivity contribution in [3.63, 3.8) is 0 Å². The van der Waals surface area contributed by atoms with Gasteiger partial charge in [-0.25, -0.2) is 0 Å². The lowest BCUT2D eigenvalue weighted by Gasteiger charge is -2.23. The number of ether oxygens (including phenoxy) is 1. The minimum atomic E-state index is -1.15. The van der Waals surface area contributed by atoms with Crippen LogP contribution in [0.15, 0.2) is 24.3 Å². The third-order valence-electron chi connectivity index (χ3n) is 3.39. The van der Waals surface area contributed by atoms with Gasteiger partial charge < -0.3 is 15.4 Å². The molecule has 1 aromatic carbocycles. The normalized spacial score (nSPS) is 10.9. The van der Waals surface area contributed by atoms with Gasteiger partial charge in [-0.2, -0.15) is 0 Å². The molecule has 0 aliphatic heterocycles. The Morgan fingerprint density at radius 2 is 1.82 bits per heavy atom. The fourth-order valence-corrected chi connectivity index (χ4v) is 1.83. The van der Waals surface area contributed by atoms with Gasteiger partial charge in [0.1, 0.15) is 11.2 Å². The Labute approximate surface area is 132 Å². The summed E-state index contributed by atoms with van der Waals surface area (Å²) in [7, 11) is 0. The van der Waals surface area contributed by atoms with Gasteiger partial charge in [0.05, 0.1) is 12.3 Å². The highest BCUT2D eigenvalue weighted by atomic mass is 16.5. The largest absolute Gasteiger partial charge is 0.492 e. The number of benzene rings is 1.